The maximum Gasteiger partial charge on any atom is 0.254 e. The van der Waals surface area contributed by atoms with E-state index in [0.29, 0.717) is 24.4 Å². The largest absolute Gasteiger partial charge is 0.468 e. The average Bonchev–Trinajstić information content (AvgIpc) is 3.14. The van der Waals surface area contributed by atoms with Gasteiger partial charge in [-0.1, -0.05) is 6.07 Å². The van der Waals surface area contributed by atoms with Crippen LogP contribution in [0.4, 0.5) is 0 Å². The summed E-state index contributed by atoms with van der Waals surface area (Å²) in [5, 5.41) is 3.19. The number of piperazine rings is 1. The lowest BCUT2D eigenvalue weighted by Gasteiger charge is -2.28. The van der Waals surface area contributed by atoms with Gasteiger partial charge in [0, 0.05) is 31.7 Å². The molecule has 0 saturated carbocycles. The number of carbonyl (C=O) groups is 1. The zero-order valence-corrected chi connectivity index (χ0v) is 16.0. The summed E-state index contributed by atoms with van der Waals surface area (Å²) in [6.07, 6.45) is 1.49. The summed E-state index contributed by atoms with van der Waals surface area (Å²) < 4.78 is 32.6. The lowest BCUT2D eigenvalue weighted by molar-refractivity contribution is 0.0735. The number of nitrogens with one attached hydrogen (secondary N) is 2. The standard InChI is InChI=1S/C17H21N3O4S.ClH/c1-13-4-5-15(25(22,23)19-12-14-3-2-10-24-14)11-16(13)17(21)20-8-6-18-7-9-20;/h2-5,10-11,18-19H,6-9,12H2,1H3;1H. The molecular formula is C17H22ClN3O4S. The van der Waals surface area contributed by atoms with Crippen LogP contribution in [0.1, 0.15) is 21.7 Å². The van der Waals surface area contributed by atoms with Gasteiger partial charge in [-0.05, 0) is 36.8 Å². The van der Waals surface area contributed by atoms with Crippen molar-refractivity contribution in [2.45, 2.75) is 18.4 Å². The molecule has 1 aliphatic rings. The summed E-state index contributed by atoms with van der Waals surface area (Å²) in [5.74, 6) is 0.384. The number of sulfonamides is 1. The summed E-state index contributed by atoms with van der Waals surface area (Å²) in [4.78, 5) is 14.5. The highest BCUT2D eigenvalue weighted by molar-refractivity contribution is 7.89. The van der Waals surface area contributed by atoms with Crippen molar-refractivity contribution in [3.63, 3.8) is 0 Å². The van der Waals surface area contributed by atoms with Gasteiger partial charge in [0.2, 0.25) is 10.0 Å². The number of benzene rings is 1. The molecule has 3 rings (SSSR count). The molecule has 1 aromatic carbocycles. The van der Waals surface area contributed by atoms with E-state index in [4.69, 9.17) is 4.42 Å². The van der Waals surface area contributed by atoms with E-state index in [0.717, 1.165) is 18.7 Å². The molecule has 1 amide bonds. The Morgan fingerprint density at radius 1 is 1.27 bits per heavy atom. The monoisotopic (exact) mass is 399 g/mol. The van der Waals surface area contributed by atoms with Crippen LogP contribution in [0.2, 0.25) is 0 Å². The Morgan fingerprint density at radius 2 is 2.00 bits per heavy atom. The number of rotatable bonds is 5. The van der Waals surface area contributed by atoms with E-state index in [9.17, 15) is 13.2 Å². The highest BCUT2D eigenvalue weighted by atomic mass is 35.5. The number of furan rings is 1. The predicted octanol–water partition coefficient (Wildman–Crippen LogP) is 1.53. The fraction of sp³-hybridized carbons (Fsp3) is 0.353. The lowest BCUT2D eigenvalue weighted by atomic mass is 10.1. The minimum Gasteiger partial charge on any atom is -0.468 e. The van der Waals surface area contributed by atoms with E-state index in [-0.39, 0.29) is 29.8 Å². The van der Waals surface area contributed by atoms with Crippen molar-refractivity contribution >= 4 is 28.3 Å². The summed E-state index contributed by atoms with van der Waals surface area (Å²) in [5.41, 5.74) is 1.18. The molecule has 0 aliphatic carbocycles. The highest BCUT2D eigenvalue weighted by Gasteiger charge is 2.22. The van der Waals surface area contributed by atoms with Crippen LogP contribution in [0.25, 0.3) is 0 Å². The highest BCUT2D eigenvalue weighted by Crippen LogP contribution is 2.18. The van der Waals surface area contributed by atoms with Crippen LogP contribution in [-0.4, -0.2) is 45.4 Å². The Kier molecular flexibility index (Phi) is 6.82. The fourth-order valence-corrected chi connectivity index (χ4v) is 3.72. The van der Waals surface area contributed by atoms with Crippen LogP contribution in [0.5, 0.6) is 0 Å². The number of nitrogens with zero attached hydrogens (tertiary/aromatic N) is 1. The number of carbonyl (C=O) groups excluding carboxylic acids is 1. The molecule has 0 spiro atoms. The van der Waals surface area contributed by atoms with Crippen LogP contribution in [0.3, 0.4) is 0 Å². The first-order valence-electron chi connectivity index (χ1n) is 8.10. The van der Waals surface area contributed by atoms with Crippen LogP contribution >= 0.6 is 12.4 Å². The maximum atomic E-state index is 12.7. The van der Waals surface area contributed by atoms with Crippen LogP contribution < -0.4 is 10.0 Å². The van der Waals surface area contributed by atoms with E-state index >= 15 is 0 Å². The molecule has 2 aromatic rings. The van der Waals surface area contributed by atoms with Crippen molar-refractivity contribution < 1.29 is 17.6 Å². The molecule has 7 nitrogen and oxygen atoms in total. The second kappa shape index (κ2) is 8.68. The van der Waals surface area contributed by atoms with Gasteiger partial charge < -0.3 is 14.6 Å². The minimum absolute atomic E-state index is 0. The van der Waals surface area contributed by atoms with Gasteiger partial charge in [0.15, 0.2) is 0 Å². The minimum atomic E-state index is -3.73. The Hall–Kier alpha value is -1.87. The van der Waals surface area contributed by atoms with Gasteiger partial charge in [0.25, 0.3) is 5.91 Å². The molecular weight excluding hydrogens is 378 g/mol. The van der Waals surface area contributed by atoms with Crippen molar-refractivity contribution in [2.24, 2.45) is 0 Å². The zero-order valence-electron chi connectivity index (χ0n) is 14.4. The fourth-order valence-electron chi connectivity index (χ4n) is 2.70. The third kappa shape index (κ3) is 4.64. The predicted molar refractivity (Wildman–Crippen MR) is 99.9 cm³/mol. The Morgan fingerprint density at radius 3 is 2.65 bits per heavy atom. The van der Waals surface area contributed by atoms with E-state index < -0.39 is 10.0 Å². The lowest BCUT2D eigenvalue weighted by Crippen LogP contribution is -2.46. The summed E-state index contributed by atoms with van der Waals surface area (Å²) >= 11 is 0. The smallest absolute Gasteiger partial charge is 0.254 e. The second-order valence-electron chi connectivity index (χ2n) is 5.92. The molecule has 0 atom stereocenters. The van der Waals surface area contributed by atoms with Gasteiger partial charge in [-0.15, -0.1) is 12.4 Å². The van der Waals surface area contributed by atoms with Crippen LogP contribution in [0.15, 0.2) is 45.9 Å². The van der Waals surface area contributed by atoms with E-state index in [1.807, 2.05) is 6.92 Å². The molecule has 9 heteroatoms. The van der Waals surface area contributed by atoms with Crippen molar-refractivity contribution in [2.75, 3.05) is 26.2 Å². The third-order valence-corrected chi connectivity index (χ3v) is 5.57. The zero-order chi connectivity index (χ0) is 17.9. The van der Waals surface area contributed by atoms with Crippen molar-refractivity contribution in [3.8, 4) is 0 Å². The van der Waals surface area contributed by atoms with Crippen LogP contribution in [-0.2, 0) is 16.6 Å². The molecule has 1 aliphatic heterocycles. The van der Waals surface area contributed by atoms with Gasteiger partial charge in [-0.25, -0.2) is 13.1 Å². The first-order chi connectivity index (χ1) is 12.0. The number of aryl methyl sites for hydroxylation is 1. The van der Waals surface area contributed by atoms with E-state index in [1.54, 1.807) is 23.1 Å². The molecule has 2 N–H and O–H groups in total. The van der Waals surface area contributed by atoms with E-state index in [2.05, 4.69) is 10.0 Å². The van der Waals surface area contributed by atoms with Gasteiger partial charge in [-0.2, -0.15) is 0 Å². The quantitative estimate of drug-likeness (QED) is 0.795. The first-order valence-corrected chi connectivity index (χ1v) is 9.58. The molecule has 1 saturated heterocycles. The number of hydrogen-bond donors (Lipinski definition) is 2. The van der Waals surface area contributed by atoms with Gasteiger partial charge >= 0.3 is 0 Å². The third-order valence-electron chi connectivity index (χ3n) is 4.17. The molecule has 1 aromatic heterocycles. The Balaban J connectivity index is 0.00000243. The van der Waals surface area contributed by atoms with Crippen molar-refractivity contribution in [3.05, 3.63) is 53.5 Å². The molecule has 142 valence electrons. The molecule has 26 heavy (non-hydrogen) atoms. The number of hydrogen-bond acceptors (Lipinski definition) is 5. The Labute approximate surface area is 159 Å². The molecule has 2 heterocycles. The molecule has 0 bridgehead atoms. The summed E-state index contributed by atoms with van der Waals surface area (Å²) in [7, 11) is -3.73. The van der Waals surface area contributed by atoms with Gasteiger partial charge in [-0.3, -0.25) is 4.79 Å². The molecule has 1 fully saturated rings. The topological polar surface area (TPSA) is 91.6 Å². The Bertz CT molecular complexity index is 847. The molecule has 0 radical (unpaired) electrons. The van der Waals surface area contributed by atoms with Gasteiger partial charge in [0.05, 0.1) is 17.7 Å². The SMILES string of the molecule is Cc1ccc(S(=O)(=O)NCc2ccco2)cc1C(=O)N1CCNCC1.Cl. The number of amides is 1. The second-order valence-corrected chi connectivity index (χ2v) is 7.69. The normalized spacial score (nSPS) is 14.7. The summed E-state index contributed by atoms with van der Waals surface area (Å²) in [6.45, 7) is 4.59. The van der Waals surface area contributed by atoms with E-state index in [1.165, 1.54) is 18.4 Å². The van der Waals surface area contributed by atoms with Crippen molar-refractivity contribution in [1.29, 1.82) is 0 Å². The first kappa shape index (κ1) is 20.4. The average molecular weight is 400 g/mol. The van der Waals surface area contributed by atoms with Crippen molar-refractivity contribution in [1.82, 2.24) is 14.9 Å². The maximum absolute atomic E-state index is 12.7. The van der Waals surface area contributed by atoms with Gasteiger partial charge in [0.1, 0.15) is 5.76 Å². The summed E-state index contributed by atoms with van der Waals surface area (Å²) in [6, 6.07) is 8.01. The number of halogens is 1. The van der Waals surface area contributed by atoms with Crippen LogP contribution in [0, 0.1) is 6.92 Å². The molecule has 0 unspecified atom stereocenters.